The number of hydrogen-bond donors (Lipinski definition) is 2. The zero-order chi connectivity index (χ0) is 31.8. The highest BCUT2D eigenvalue weighted by atomic mass is 16.5. The number of nitrogens with zero attached hydrogens (tertiary/aromatic N) is 2. The number of aliphatic hydroxyl groups excluding tert-OH is 1. The normalized spacial score (nSPS) is 32.6. The molecule has 10 heteroatoms. The molecule has 1 aromatic rings. The van der Waals surface area contributed by atoms with Crippen molar-refractivity contribution in [1.82, 2.24) is 15.1 Å². The minimum Gasteiger partial charge on any atom is -0.463 e. The third-order valence-corrected chi connectivity index (χ3v) is 9.17. The van der Waals surface area contributed by atoms with Crippen molar-refractivity contribution in [2.45, 2.75) is 89.3 Å². The molecule has 5 rings (SSSR count). The molecule has 0 unspecified atom stereocenters. The Hall–Kier alpha value is -3.50. The Labute approximate surface area is 259 Å². The van der Waals surface area contributed by atoms with Crippen molar-refractivity contribution in [3.8, 4) is 0 Å². The van der Waals surface area contributed by atoms with Gasteiger partial charge in [-0.15, -0.1) is 0 Å². The first kappa shape index (κ1) is 31.9. The van der Waals surface area contributed by atoms with E-state index in [1.807, 2.05) is 77.1 Å². The number of hydrogen-bond acceptors (Lipinski definition) is 7. The Bertz CT molecular complexity index is 1320. The van der Waals surface area contributed by atoms with Crippen molar-refractivity contribution in [2.75, 3.05) is 19.8 Å². The largest absolute Gasteiger partial charge is 0.463 e. The van der Waals surface area contributed by atoms with Gasteiger partial charge in [0.1, 0.15) is 18.2 Å². The number of carbonyl (C=O) groups excluding carboxylic acids is 4. The van der Waals surface area contributed by atoms with Crippen LogP contribution in [0.25, 0.3) is 0 Å². The Morgan fingerprint density at radius 2 is 1.80 bits per heavy atom. The Kier molecular flexibility index (Phi) is 9.05. The molecular formula is C34H45N3O7. The molecule has 1 aromatic carbocycles. The summed E-state index contributed by atoms with van der Waals surface area (Å²) < 4.78 is 12.1. The summed E-state index contributed by atoms with van der Waals surface area (Å²) in [7, 11) is 0. The van der Waals surface area contributed by atoms with Crippen LogP contribution in [0, 0.1) is 17.8 Å². The highest BCUT2D eigenvalue weighted by molar-refractivity contribution is 6.00. The minimum atomic E-state index is -1.36. The molecule has 2 N–H and O–H groups in total. The van der Waals surface area contributed by atoms with Crippen LogP contribution in [-0.4, -0.2) is 87.7 Å². The lowest BCUT2D eigenvalue weighted by Gasteiger charge is -2.43. The van der Waals surface area contributed by atoms with Crippen LogP contribution in [-0.2, 0) is 28.7 Å². The van der Waals surface area contributed by atoms with Crippen LogP contribution in [0.5, 0.6) is 0 Å². The molecule has 0 aliphatic carbocycles. The van der Waals surface area contributed by atoms with Gasteiger partial charge in [0, 0.05) is 18.5 Å². The van der Waals surface area contributed by atoms with Crippen molar-refractivity contribution >= 4 is 23.7 Å². The zero-order valence-corrected chi connectivity index (χ0v) is 26.3. The number of ether oxygens (including phenoxy) is 2. The molecule has 0 aromatic heterocycles. The van der Waals surface area contributed by atoms with Crippen LogP contribution in [0.2, 0.25) is 0 Å². The van der Waals surface area contributed by atoms with Gasteiger partial charge < -0.3 is 29.7 Å². The number of cyclic esters (lactones) is 1. The molecule has 44 heavy (non-hydrogen) atoms. The minimum absolute atomic E-state index is 0.0673. The number of amides is 3. The molecule has 5 bridgehead atoms. The van der Waals surface area contributed by atoms with E-state index in [1.165, 1.54) is 4.90 Å². The number of fused-ring (bicyclic) bond motifs is 2. The molecule has 4 aliphatic rings. The third kappa shape index (κ3) is 5.81. The lowest BCUT2D eigenvalue weighted by molar-refractivity contribution is -0.154. The number of benzene rings is 1. The van der Waals surface area contributed by atoms with Crippen molar-refractivity contribution in [3.63, 3.8) is 0 Å². The number of aliphatic hydroxyl groups is 1. The second-order valence-corrected chi connectivity index (χ2v) is 13.7. The van der Waals surface area contributed by atoms with Crippen LogP contribution in [0.1, 0.15) is 65.5 Å². The van der Waals surface area contributed by atoms with Crippen molar-refractivity contribution in [3.05, 3.63) is 60.2 Å². The van der Waals surface area contributed by atoms with Crippen LogP contribution in [0.3, 0.4) is 0 Å². The lowest BCUT2D eigenvalue weighted by Crippen LogP contribution is -2.61. The van der Waals surface area contributed by atoms with E-state index in [0.717, 1.165) is 5.56 Å². The first-order valence-electron chi connectivity index (χ1n) is 15.7. The van der Waals surface area contributed by atoms with Crippen LogP contribution in [0.15, 0.2) is 54.6 Å². The number of allylic oxidation sites excluding steroid dienone is 1. The first-order chi connectivity index (χ1) is 20.9. The molecule has 0 radical (unpaired) electrons. The van der Waals surface area contributed by atoms with Gasteiger partial charge in [0.05, 0.1) is 36.6 Å². The predicted molar refractivity (Wildman–Crippen MR) is 163 cm³/mol. The van der Waals surface area contributed by atoms with Gasteiger partial charge >= 0.3 is 5.97 Å². The number of rotatable bonds is 5. The molecular weight excluding hydrogens is 562 g/mol. The third-order valence-electron chi connectivity index (χ3n) is 9.17. The van der Waals surface area contributed by atoms with Crippen LogP contribution < -0.4 is 5.32 Å². The van der Waals surface area contributed by atoms with E-state index in [1.54, 1.807) is 17.1 Å². The summed E-state index contributed by atoms with van der Waals surface area (Å²) in [6.45, 7) is 9.64. The van der Waals surface area contributed by atoms with Gasteiger partial charge in [0.2, 0.25) is 17.7 Å². The van der Waals surface area contributed by atoms with Gasteiger partial charge in [-0.05, 0) is 45.1 Å². The van der Waals surface area contributed by atoms with Crippen molar-refractivity contribution < 1.29 is 33.8 Å². The van der Waals surface area contributed by atoms with Gasteiger partial charge in [0.15, 0.2) is 0 Å². The fourth-order valence-electron chi connectivity index (χ4n) is 7.16. The summed E-state index contributed by atoms with van der Waals surface area (Å²) in [5.74, 6) is -3.22. The van der Waals surface area contributed by atoms with E-state index in [-0.39, 0.29) is 43.9 Å². The van der Waals surface area contributed by atoms with E-state index in [2.05, 4.69) is 5.32 Å². The maximum Gasteiger partial charge on any atom is 0.306 e. The van der Waals surface area contributed by atoms with Crippen molar-refractivity contribution in [1.29, 1.82) is 0 Å². The number of likely N-dealkylation sites (tertiary alicyclic amines) is 1. The van der Waals surface area contributed by atoms with E-state index >= 15 is 0 Å². The predicted octanol–water partition coefficient (Wildman–Crippen LogP) is 2.92. The molecule has 238 valence electrons. The van der Waals surface area contributed by atoms with E-state index in [9.17, 15) is 24.3 Å². The van der Waals surface area contributed by atoms with Crippen molar-refractivity contribution in [2.24, 2.45) is 17.8 Å². The topological polar surface area (TPSA) is 125 Å². The molecule has 4 aliphatic heterocycles. The molecule has 0 saturated carbocycles. The molecule has 7 atom stereocenters. The number of esters is 1. The Morgan fingerprint density at radius 1 is 1.07 bits per heavy atom. The smallest absolute Gasteiger partial charge is 0.306 e. The SMILES string of the molecule is CC(C)C[C@H](CO)N1C(=O)[C@@H]2[C@H]3C(=O)N[C@@H](c4ccccc4)COC(=O)CC/C=C\CN(C(C)(C)C)C(=O)[C@@H]1[C@]21C=C[C@H]3O1. The second-order valence-electron chi connectivity index (χ2n) is 13.7. The van der Waals surface area contributed by atoms with Crippen LogP contribution >= 0.6 is 0 Å². The lowest BCUT2D eigenvalue weighted by atomic mass is 9.74. The fraction of sp³-hybridized carbons (Fsp3) is 0.588. The summed E-state index contributed by atoms with van der Waals surface area (Å²) in [6, 6.07) is 6.90. The average molecular weight is 608 g/mol. The summed E-state index contributed by atoms with van der Waals surface area (Å²) >= 11 is 0. The first-order valence-corrected chi connectivity index (χ1v) is 15.7. The number of nitrogens with one attached hydrogen (secondary N) is 1. The summed E-state index contributed by atoms with van der Waals surface area (Å²) in [5, 5.41) is 13.6. The zero-order valence-electron chi connectivity index (χ0n) is 26.3. The van der Waals surface area contributed by atoms with Gasteiger partial charge in [-0.3, -0.25) is 19.2 Å². The van der Waals surface area contributed by atoms with E-state index in [0.29, 0.717) is 12.8 Å². The quantitative estimate of drug-likeness (QED) is 0.390. The molecule has 4 heterocycles. The van der Waals surface area contributed by atoms with E-state index in [4.69, 9.17) is 9.47 Å². The maximum absolute atomic E-state index is 14.7. The fourth-order valence-corrected chi connectivity index (χ4v) is 7.16. The average Bonchev–Trinajstić information content (AvgIpc) is 3.62. The monoisotopic (exact) mass is 607 g/mol. The second kappa shape index (κ2) is 12.5. The molecule has 3 amide bonds. The summed E-state index contributed by atoms with van der Waals surface area (Å²) in [5.41, 5.74) is -1.23. The molecule has 2 saturated heterocycles. The van der Waals surface area contributed by atoms with Gasteiger partial charge in [-0.25, -0.2) is 0 Å². The summed E-state index contributed by atoms with van der Waals surface area (Å²) in [4.78, 5) is 59.2. The highest BCUT2D eigenvalue weighted by Crippen LogP contribution is 2.56. The van der Waals surface area contributed by atoms with Gasteiger partial charge in [-0.2, -0.15) is 0 Å². The maximum atomic E-state index is 14.7. The molecule has 2 fully saturated rings. The molecule has 1 spiro atoms. The molecule has 10 nitrogen and oxygen atoms in total. The Balaban J connectivity index is 1.61. The van der Waals surface area contributed by atoms with E-state index < -0.39 is 59.1 Å². The highest BCUT2D eigenvalue weighted by Gasteiger charge is 2.74. The van der Waals surface area contributed by atoms with Gasteiger partial charge in [-0.1, -0.05) is 68.5 Å². The van der Waals surface area contributed by atoms with Crippen LogP contribution in [0.4, 0.5) is 0 Å². The number of carbonyl (C=O) groups is 4. The standard InChI is InChI=1S/C34H45N3O7/c1-21(2)18-23(19-38)37-29-32(42)36(33(3,4)5)17-11-7-10-14-26(39)43-20-24(22-12-8-6-9-13-22)35-30(40)27-25-15-16-34(29,44-25)28(27)31(37)41/h6-9,11-13,15-16,21,23-25,27-29,38H,10,14,17-20H2,1-5H3,(H,35,40)/b11-7-/t23-,24-,25-,27+,28+,29-,34+/m1/s1. The Morgan fingerprint density at radius 3 is 2.45 bits per heavy atom. The summed E-state index contributed by atoms with van der Waals surface area (Å²) in [6.07, 6.45) is 7.62. The van der Waals surface area contributed by atoms with Gasteiger partial charge in [0.25, 0.3) is 0 Å².